The van der Waals surface area contributed by atoms with Crippen LogP contribution in [0.5, 0.6) is 0 Å². The first-order valence-corrected chi connectivity index (χ1v) is 17.1. The Bertz CT molecular complexity index is 1320. The zero-order valence-corrected chi connectivity index (χ0v) is 25.7. The zero-order valence-electron chi connectivity index (χ0n) is 24.1. The molecule has 9 heteroatoms. The molecule has 40 heavy (non-hydrogen) atoms. The molecule has 218 valence electrons. The molecule has 0 spiro atoms. The zero-order chi connectivity index (χ0) is 28.5. The summed E-state index contributed by atoms with van der Waals surface area (Å²) in [6.07, 6.45) is 4.22. The van der Waals surface area contributed by atoms with Gasteiger partial charge in [0.05, 0.1) is 18.8 Å². The number of carbonyl (C=O) groups is 2. The fraction of sp³-hybridized carbons (Fsp3) is 0.613. The molecule has 7 nitrogen and oxygen atoms in total. The number of benzene rings is 1. The Morgan fingerprint density at radius 2 is 1.82 bits per heavy atom. The fourth-order valence-corrected chi connectivity index (χ4v) is 10.2. The second-order valence-corrected chi connectivity index (χ2v) is 15.5. The van der Waals surface area contributed by atoms with Gasteiger partial charge in [0.2, 0.25) is 15.9 Å². The highest BCUT2D eigenvalue weighted by molar-refractivity contribution is 7.89. The minimum atomic E-state index is -3.88. The lowest BCUT2D eigenvalue weighted by atomic mass is 9.70. The molecule has 2 atom stereocenters. The number of likely N-dealkylation sites (tertiary alicyclic amines) is 1. The lowest BCUT2D eigenvalue weighted by Gasteiger charge is -2.38. The summed E-state index contributed by atoms with van der Waals surface area (Å²) in [5.74, 6) is -0.0778. The molecule has 0 N–H and O–H groups in total. The van der Waals surface area contributed by atoms with Crippen LogP contribution in [0.15, 0.2) is 41.8 Å². The molecule has 3 aliphatic rings. The van der Waals surface area contributed by atoms with Crippen molar-refractivity contribution in [3.63, 3.8) is 0 Å². The highest BCUT2D eigenvalue weighted by atomic mass is 32.2. The van der Waals surface area contributed by atoms with Gasteiger partial charge in [-0.15, -0.1) is 11.3 Å². The van der Waals surface area contributed by atoms with Gasteiger partial charge < -0.3 is 9.80 Å². The number of carbonyl (C=O) groups excluding carboxylic acids is 2. The summed E-state index contributed by atoms with van der Waals surface area (Å²) in [7, 11) is -3.88. The van der Waals surface area contributed by atoms with Crippen molar-refractivity contribution in [1.82, 2.24) is 14.1 Å². The molecule has 1 saturated heterocycles. The second kappa shape index (κ2) is 11.7. The van der Waals surface area contributed by atoms with E-state index in [1.54, 1.807) is 16.2 Å². The Morgan fingerprint density at radius 3 is 2.42 bits per heavy atom. The van der Waals surface area contributed by atoms with E-state index >= 15 is 0 Å². The molecule has 1 aromatic heterocycles. The van der Waals surface area contributed by atoms with E-state index in [4.69, 9.17) is 0 Å². The molecule has 1 aromatic carbocycles. The van der Waals surface area contributed by atoms with E-state index < -0.39 is 15.4 Å². The predicted octanol–water partition coefficient (Wildman–Crippen LogP) is 4.71. The Morgan fingerprint density at radius 1 is 1.10 bits per heavy atom. The van der Waals surface area contributed by atoms with Crippen LogP contribution >= 0.6 is 11.3 Å². The van der Waals surface area contributed by atoms with Crippen molar-refractivity contribution in [1.29, 1.82) is 0 Å². The summed E-state index contributed by atoms with van der Waals surface area (Å²) >= 11 is 1.62. The van der Waals surface area contributed by atoms with Gasteiger partial charge in [-0.05, 0) is 79.6 Å². The predicted molar refractivity (Wildman–Crippen MR) is 159 cm³/mol. The minimum absolute atomic E-state index is 0.0852. The first-order chi connectivity index (χ1) is 19.0. The number of ketones is 1. The van der Waals surface area contributed by atoms with Gasteiger partial charge >= 0.3 is 0 Å². The van der Waals surface area contributed by atoms with Crippen LogP contribution in [0.3, 0.4) is 0 Å². The molecule has 1 amide bonds. The molecule has 5 rings (SSSR count). The van der Waals surface area contributed by atoms with E-state index in [2.05, 4.69) is 18.7 Å². The highest BCUT2D eigenvalue weighted by Crippen LogP contribution is 2.64. The van der Waals surface area contributed by atoms with Crippen LogP contribution in [-0.4, -0.2) is 72.7 Å². The molecule has 2 bridgehead atoms. The van der Waals surface area contributed by atoms with E-state index in [1.807, 2.05) is 48.7 Å². The van der Waals surface area contributed by atoms with Crippen molar-refractivity contribution in [2.24, 2.45) is 16.7 Å². The van der Waals surface area contributed by atoms with E-state index in [0.29, 0.717) is 32.5 Å². The Kier molecular flexibility index (Phi) is 8.58. The summed E-state index contributed by atoms with van der Waals surface area (Å²) in [6.45, 7) is 9.59. The van der Waals surface area contributed by atoms with E-state index in [-0.39, 0.29) is 41.9 Å². The molecular weight excluding hydrogens is 542 g/mol. The van der Waals surface area contributed by atoms with Gasteiger partial charge in [0, 0.05) is 36.3 Å². The summed E-state index contributed by atoms with van der Waals surface area (Å²) in [6, 6.07) is 11.9. The lowest BCUT2D eigenvalue weighted by molar-refractivity contribution is -0.132. The van der Waals surface area contributed by atoms with Crippen molar-refractivity contribution < 1.29 is 18.0 Å². The van der Waals surface area contributed by atoms with Gasteiger partial charge in [0.15, 0.2) is 0 Å². The maximum atomic E-state index is 14.2. The number of sulfonamides is 1. The number of thiophene rings is 1. The summed E-state index contributed by atoms with van der Waals surface area (Å²) in [4.78, 5) is 32.3. The van der Waals surface area contributed by atoms with E-state index in [9.17, 15) is 18.0 Å². The average molecular weight is 586 g/mol. The van der Waals surface area contributed by atoms with Gasteiger partial charge in [-0.25, -0.2) is 8.42 Å². The van der Waals surface area contributed by atoms with Crippen LogP contribution in [-0.2, 0) is 32.7 Å². The Labute approximate surface area is 243 Å². The maximum absolute atomic E-state index is 14.2. The molecule has 2 heterocycles. The number of hydrogen-bond donors (Lipinski definition) is 0. The number of Topliss-reactive ketones (excluding diaryl/α,β-unsaturated/α-hetero) is 1. The van der Waals surface area contributed by atoms with Crippen molar-refractivity contribution in [3.05, 3.63) is 57.8 Å². The van der Waals surface area contributed by atoms with E-state index in [1.165, 1.54) is 4.31 Å². The SMILES string of the molecule is Cc1ccsc1CN(Cc1ccccc1)C(=O)CN(CCN1CCCC1)S(=O)(=O)CC12CCC(CC1=O)C2(C)C. The van der Waals surface area contributed by atoms with Crippen LogP contribution in [0.2, 0.25) is 0 Å². The van der Waals surface area contributed by atoms with Gasteiger partial charge in [0.25, 0.3) is 0 Å². The number of fused-ring (bicyclic) bond motifs is 2. The largest absolute Gasteiger partial charge is 0.332 e. The standard InChI is InChI=1S/C31H43N3O4S2/c1-24-12-18-39-27(24)21-33(20-25-9-5-4-6-10-25)29(36)22-34(17-16-32-14-7-8-15-32)40(37,38)23-31-13-11-26(19-28(31)35)30(31,2)3/h4-6,9-10,12,18,26H,7-8,11,13-17,19-23H2,1-3H3. The topological polar surface area (TPSA) is 78.0 Å². The average Bonchev–Trinajstić information content (AvgIpc) is 3.66. The van der Waals surface area contributed by atoms with Gasteiger partial charge in [-0.2, -0.15) is 4.31 Å². The molecule has 2 unspecified atom stereocenters. The summed E-state index contributed by atoms with van der Waals surface area (Å²) in [5, 5.41) is 2.02. The summed E-state index contributed by atoms with van der Waals surface area (Å²) in [5.41, 5.74) is 0.929. The number of nitrogens with zero attached hydrogens (tertiary/aromatic N) is 3. The normalized spacial score (nSPS) is 24.3. The molecule has 1 aliphatic heterocycles. The lowest BCUT2D eigenvalue weighted by Crippen LogP contribution is -2.50. The summed E-state index contributed by atoms with van der Waals surface area (Å²) < 4.78 is 29.8. The van der Waals surface area contributed by atoms with Crippen molar-refractivity contribution >= 4 is 33.1 Å². The first-order valence-electron chi connectivity index (χ1n) is 14.6. The first kappa shape index (κ1) is 29.4. The van der Waals surface area contributed by atoms with Crippen molar-refractivity contribution in [3.8, 4) is 0 Å². The third kappa shape index (κ3) is 5.80. The molecule has 0 radical (unpaired) electrons. The van der Waals surface area contributed by atoms with Gasteiger partial charge in [-0.3, -0.25) is 9.59 Å². The minimum Gasteiger partial charge on any atom is -0.332 e. The molecule has 3 fully saturated rings. The molecule has 2 saturated carbocycles. The number of amides is 1. The van der Waals surface area contributed by atoms with E-state index in [0.717, 1.165) is 48.4 Å². The van der Waals surface area contributed by atoms with Crippen molar-refractivity contribution in [2.45, 2.75) is 66.0 Å². The third-order valence-electron chi connectivity index (χ3n) is 10.0. The number of rotatable bonds is 12. The van der Waals surface area contributed by atoms with Crippen LogP contribution in [0, 0.1) is 23.7 Å². The highest BCUT2D eigenvalue weighted by Gasteiger charge is 2.65. The monoisotopic (exact) mass is 585 g/mol. The van der Waals surface area contributed by atoms with Crippen LogP contribution in [0.1, 0.15) is 62.0 Å². The van der Waals surface area contributed by atoms with Crippen LogP contribution in [0.4, 0.5) is 0 Å². The fourth-order valence-electron chi connectivity index (χ4n) is 7.11. The molecular formula is C31H43N3O4S2. The smallest absolute Gasteiger partial charge is 0.238 e. The quantitative estimate of drug-likeness (QED) is 0.361. The maximum Gasteiger partial charge on any atom is 0.238 e. The van der Waals surface area contributed by atoms with Gasteiger partial charge in [0.1, 0.15) is 5.78 Å². The Hall–Kier alpha value is -2.07. The molecule has 2 aromatic rings. The van der Waals surface area contributed by atoms with Crippen molar-refractivity contribution in [2.75, 3.05) is 38.5 Å². The van der Waals surface area contributed by atoms with Crippen LogP contribution in [0.25, 0.3) is 0 Å². The number of aryl methyl sites for hydroxylation is 1. The third-order valence-corrected chi connectivity index (χ3v) is 13.0. The number of hydrogen-bond acceptors (Lipinski definition) is 6. The second-order valence-electron chi connectivity index (χ2n) is 12.6. The van der Waals surface area contributed by atoms with Gasteiger partial charge in [-0.1, -0.05) is 44.2 Å². The molecule has 2 aliphatic carbocycles. The van der Waals surface area contributed by atoms with Crippen LogP contribution < -0.4 is 0 Å². The Balaban J connectivity index is 1.40.